The van der Waals surface area contributed by atoms with E-state index >= 15 is 0 Å². The summed E-state index contributed by atoms with van der Waals surface area (Å²) in [6.45, 7) is 1.79. The molecule has 6 heteroatoms. The van der Waals surface area contributed by atoms with Crippen LogP contribution < -0.4 is 11.1 Å². The van der Waals surface area contributed by atoms with Crippen LogP contribution in [0.25, 0.3) is 0 Å². The molecule has 110 valence electrons. The zero-order chi connectivity index (χ0) is 15.6. The van der Waals surface area contributed by atoms with Gasteiger partial charge < -0.3 is 15.8 Å². The summed E-state index contributed by atoms with van der Waals surface area (Å²) in [7, 11) is 1.29. The molecule has 0 spiro atoms. The van der Waals surface area contributed by atoms with Crippen LogP contribution in [0.1, 0.15) is 15.9 Å². The van der Waals surface area contributed by atoms with Gasteiger partial charge in [-0.25, -0.2) is 9.18 Å². The third-order valence-electron chi connectivity index (χ3n) is 3.00. The molecule has 0 aliphatic heterocycles. The average molecular weight is 353 g/mol. The van der Waals surface area contributed by atoms with Crippen LogP contribution in [0.2, 0.25) is 0 Å². The lowest BCUT2D eigenvalue weighted by molar-refractivity contribution is 0.0602. The number of nitrogens with one attached hydrogen (secondary N) is 1. The summed E-state index contributed by atoms with van der Waals surface area (Å²) in [5.74, 6) is -0.876. The van der Waals surface area contributed by atoms with Crippen molar-refractivity contribution in [2.45, 2.75) is 6.92 Å². The lowest BCUT2D eigenvalue weighted by Gasteiger charge is -2.13. The van der Waals surface area contributed by atoms with Crippen molar-refractivity contribution in [3.8, 4) is 0 Å². The molecule has 21 heavy (non-hydrogen) atoms. The molecule has 0 saturated carbocycles. The van der Waals surface area contributed by atoms with Crippen molar-refractivity contribution >= 4 is 39.0 Å². The summed E-state index contributed by atoms with van der Waals surface area (Å²) in [6, 6.07) is 7.66. The SMILES string of the molecule is COC(=O)c1cc(Nc2cc(F)ccc2Br)cc(C)c1N. The zero-order valence-electron chi connectivity index (χ0n) is 11.5. The predicted molar refractivity (Wildman–Crippen MR) is 84.3 cm³/mol. The van der Waals surface area contributed by atoms with Crippen LogP contribution in [-0.4, -0.2) is 13.1 Å². The van der Waals surface area contributed by atoms with Gasteiger partial charge in [-0.05, 0) is 58.7 Å². The number of methoxy groups -OCH3 is 1. The number of halogens is 2. The fourth-order valence-electron chi connectivity index (χ4n) is 1.90. The molecule has 3 N–H and O–H groups in total. The van der Waals surface area contributed by atoms with Gasteiger partial charge in [-0.2, -0.15) is 0 Å². The molecular weight excluding hydrogens is 339 g/mol. The molecular formula is C15H14BrFN2O2. The van der Waals surface area contributed by atoms with E-state index in [1.807, 2.05) is 0 Å². The fraction of sp³-hybridized carbons (Fsp3) is 0.133. The topological polar surface area (TPSA) is 64.3 Å². The van der Waals surface area contributed by atoms with Crippen LogP contribution in [0, 0.1) is 12.7 Å². The van der Waals surface area contributed by atoms with E-state index in [4.69, 9.17) is 10.5 Å². The number of ether oxygens (including phenoxy) is 1. The maximum absolute atomic E-state index is 13.3. The van der Waals surface area contributed by atoms with Gasteiger partial charge in [0, 0.05) is 15.8 Å². The van der Waals surface area contributed by atoms with Gasteiger partial charge in [-0.1, -0.05) is 0 Å². The molecule has 0 amide bonds. The van der Waals surface area contributed by atoms with Gasteiger partial charge in [-0.15, -0.1) is 0 Å². The molecule has 0 bridgehead atoms. The van der Waals surface area contributed by atoms with Gasteiger partial charge in [0.25, 0.3) is 0 Å². The summed E-state index contributed by atoms with van der Waals surface area (Å²) in [6.07, 6.45) is 0. The van der Waals surface area contributed by atoms with Crippen molar-refractivity contribution in [3.63, 3.8) is 0 Å². The first-order valence-electron chi connectivity index (χ1n) is 6.13. The molecule has 0 heterocycles. The maximum atomic E-state index is 13.3. The van der Waals surface area contributed by atoms with Crippen LogP contribution in [0.15, 0.2) is 34.8 Å². The highest BCUT2D eigenvalue weighted by atomic mass is 79.9. The number of carbonyl (C=O) groups excluding carboxylic acids is 1. The minimum absolute atomic E-state index is 0.271. The first kappa shape index (κ1) is 15.3. The Labute approximate surface area is 130 Å². The van der Waals surface area contributed by atoms with E-state index < -0.39 is 5.97 Å². The Balaban J connectivity index is 2.43. The highest BCUT2D eigenvalue weighted by molar-refractivity contribution is 9.10. The monoisotopic (exact) mass is 352 g/mol. The quantitative estimate of drug-likeness (QED) is 0.647. The smallest absolute Gasteiger partial charge is 0.340 e. The Morgan fingerprint density at radius 2 is 2.05 bits per heavy atom. The first-order chi connectivity index (χ1) is 9.92. The molecule has 2 aromatic carbocycles. The van der Waals surface area contributed by atoms with Crippen molar-refractivity contribution in [1.82, 2.24) is 0 Å². The van der Waals surface area contributed by atoms with Crippen LogP contribution in [0.3, 0.4) is 0 Å². The van der Waals surface area contributed by atoms with E-state index in [0.717, 1.165) is 5.56 Å². The van der Waals surface area contributed by atoms with Gasteiger partial charge in [0.1, 0.15) is 5.82 Å². The van der Waals surface area contributed by atoms with Gasteiger partial charge in [-0.3, -0.25) is 0 Å². The molecule has 0 unspecified atom stereocenters. The zero-order valence-corrected chi connectivity index (χ0v) is 13.1. The number of hydrogen-bond donors (Lipinski definition) is 2. The van der Waals surface area contributed by atoms with Crippen molar-refractivity contribution in [1.29, 1.82) is 0 Å². The van der Waals surface area contributed by atoms with E-state index in [9.17, 15) is 9.18 Å². The molecule has 0 aromatic heterocycles. The summed E-state index contributed by atoms with van der Waals surface area (Å²) in [5, 5.41) is 3.05. The minimum atomic E-state index is -0.516. The first-order valence-corrected chi connectivity index (χ1v) is 6.92. The third kappa shape index (κ3) is 3.33. The predicted octanol–water partition coefficient (Wildman–Crippen LogP) is 4.01. The van der Waals surface area contributed by atoms with Crippen LogP contribution in [0.5, 0.6) is 0 Å². The van der Waals surface area contributed by atoms with E-state index in [1.54, 1.807) is 25.1 Å². The summed E-state index contributed by atoms with van der Waals surface area (Å²) in [4.78, 5) is 11.7. The molecule has 2 rings (SSSR count). The standard InChI is InChI=1S/C15H14BrFN2O2/c1-8-5-10(7-11(14(8)18)15(20)21-2)19-13-6-9(17)3-4-12(13)16/h3-7,19H,18H2,1-2H3. The Morgan fingerprint density at radius 1 is 1.33 bits per heavy atom. The number of benzene rings is 2. The largest absolute Gasteiger partial charge is 0.465 e. The maximum Gasteiger partial charge on any atom is 0.340 e. The Kier molecular flexibility index (Phi) is 4.47. The van der Waals surface area contributed by atoms with Gasteiger partial charge in [0.2, 0.25) is 0 Å². The molecule has 0 aliphatic carbocycles. The normalized spacial score (nSPS) is 10.3. The van der Waals surface area contributed by atoms with Crippen LogP contribution >= 0.6 is 15.9 Å². The van der Waals surface area contributed by atoms with E-state index in [1.165, 1.54) is 19.2 Å². The number of rotatable bonds is 3. The van der Waals surface area contributed by atoms with Crippen LogP contribution in [-0.2, 0) is 4.74 Å². The van der Waals surface area contributed by atoms with Crippen LogP contribution in [0.4, 0.5) is 21.5 Å². The summed E-state index contributed by atoms with van der Waals surface area (Å²) >= 11 is 3.34. The second-order valence-corrected chi connectivity index (χ2v) is 5.35. The summed E-state index contributed by atoms with van der Waals surface area (Å²) < 4.78 is 18.7. The Hall–Kier alpha value is -2.08. The average Bonchev–Trinajstić information content (AvgIpc) is 2.45. The molecule has 2 aromatic rings. The number of hydrogen-bond acceptors (Lipinski definition) is 4. The van der Waals surface area contributed by atoms with Crippen molar-refractivity contribution in [2.75, 3.05) is 18.2 Å². The number of anilines is 3. The number of aryl methyl sites for hydroxylation is 1. The number of nitrogens with two attached hydrogens (primary N) is 1. The summed E-state index contributed by atoms with van der Waals surface area (Å²) in [5.41, 5.74) is 8.41. The van der Waals surface area contributed by atoms with Gasteiger partial charge >= 0.3 is 5.97 Å². The van der Waals surface area contributed by atoms with Gasteiger partial charge in [0.15, 0.2) is 0 Å². The second-order valence-electron chi connectivity index (χ2n) is 4.50. The lowest BCUT2D eigenvalue weighted by Crippen LogP contribution is -2.08. The molecule has 0 saturated heterocycles. The third-order valence-corrected chi connectivity index (χ3v) is 3.69. The van der Waals surface area contributed by atoms with E-state index in [2.05, 4.69) is 21.2 Å². The van der Waals surface area contributed by atoms with Crippen molar-refractivity contribution < 1.29 is 13.9 Å². The number of esters is 1. The molecule has 0 atom stereocenters. The van der Waals surface area contributed by atoms with E-state index in [-0.39, 0.29) is 11.4 Å². The minimum Gasteiger partial charge on any atom is -0.465 e. The number of carbonyl (C=O) groups is 1. The fourth-order valence-corrected chi connectivity index (χ4v) is 2.24. The molecule has 0 fully saturated rings. The molecule has 0 aliphatic rings. The molecule has 4 nitrogen and oxygen atoms in total. The molecule has 0 radical (unpaired) electrons. The Bertz CT molecular complexity index is 704. The highest BCUT2D eigenvalue weighted by Crippen LogP contribution is 2.30. The van der Waals surface area contributed by atoms with Gasteiger partial charge in [0.05, 0.1) is 18.4 Å². The number of nitrogen functional groups attached to an aromatic ring is 1. The van der Waals surface area contributed by atoms with Crippen molar-refractivity contribution in [3.05, 3.63) is 51.7 Å². The lowest BCUT2D eigenvalue weighted by atomic mass is 10.1. The van der Waals surface area contributed by atoms with Crippen molar-refractivity contribution in [2.24, 2.45) is 0 Å². The highest BCUT2D eigenvalue weighted by Gasteiger charge is 2.14. The van der Waals surface area contributed by atoms with E-state index in [0.29, 0.717) is 21.5 Å². The Morgan fingerprint density at radius 3 is 2.71 bits per heavy atom. The second kappa shape index (κ2) is 6.13.